The molecule has 0 saturated heterocycles. The number of anilines is 1. The fourth-order valence-electron chi connectivity index (χ4n) is 2.68. The van der Waals surface area contributed by atoms with Crippen LogP contribution in [0.5, 0.6) is 5.75 Å². The van der Waals surface area contributed by atoms with Gasteiger partial charge in [0.15, 0.2) is 11.6 Å². The van der Waals surface area contributed by atoms with E-state index in [1.807, 2.05) is 0 Å². The Morgan fingerprint density at radius 2 is 1.83 bits per heavy atom. The lowest BCUT2D eigenvalue weighted by Gasteiger charge is -2.13. The molecule has 2 aromatic rings. The fraction of sp³-hybridized carbons (Fsp3) is 0.350. The number of ether oxygens (including phenoxy) is 2. The molecule has 0 radical (unpaired) electrons. The van der Waals surface area contributed by atoms with E-state index in [0.29, 0.717) is 17.7 Å². The van der Waals surface area contributed by atoms with Crippen LogP contribution in [-0.4, -0.2) is 41.2 Å². The highest BCUT2D eigenvalue weighted by Gasteiger charge is 2.17. The largest absolute Gasteiger partial charge is 0.494 e. The van der Waals surface area contributed by atoms with Crippen LogP contribution in [0.4, 0.5) is 10.1 Å². The van der Waals surface area contributed by atoms with Crippen LogP contribution in [0.2, 0.25) is 0 Å². The molecule has 0 saturated carbocycles. The summed E-state index contributed by atoms with van der Waals surface area (Å²) in [6.07, 6.45) is 0.516. The van der Waals surface area contributed by atoms with Crippen molar-refractivity contribution in [1.29, 1.82) is 0 Å². The Hall–Kier alpha value is -2.49. The third-order valence-electron chi connectivity index (χ3n) is 4.08. The van der Waals surface area contributed by atoms with Crippen molar-refractivity contribution in [3.8, 4) is 5.75 Å². The van der Waals surface area contributed by atoms with Crippen LogP contribution in [-0.2, 0) is 26.0 Å². The molecular formula is C20H25FN2O5S. The molecule has 2 N–H and O–H groups in total. The first-order chi connectivity index (χ1) is 13.7. The van der Waals surface area contributed by atoms with E-state index in [2.05, 4.69) is 10.0 Å². The Kier molecular flexibility index (Phi) is 8.12. The third-order valence-corrected chi connectivity index (χ3v) is 5.68. The summed E-state index contributed by atoms with van der Waals surface area (Å²) >= 11 is 0. The Balaban J connectivity index is 1.92. The summed E-state index contributed by atoms with van der Waals surface area (Å²) in [4.78, 5) is 12.2. The van der Waals surface area contributed by atoms with Crippen LogP contribution >= 0.6 is 0 Å². The van der Waals surface area contributed by atoms with Crippen molar-refractivity contribution in [2.24, 2.45) is 0 Å². The molecule has 1 amide bonds. The molecule has 9 heteroatoms. The van der Waals surface area contributed by atoms with E-state index in [1.165, 1.54) is 50.6 Å². The number of amides is 1. The number of carbonyl (C=O) groups is 1. The summed E-state index contributed by atoms with van der Waals surface area (Å²) in [5.74, 6) is -0.585. The highest BCUT2D eigenvalue weighted by molar-refractivity contribution is 7.89. The van der Waals surface area contributed by atoms with Crippen molar-refractivity contribution in [3.63, 3.8) is 0 Å². The van der Waals surface area contributed by atoms with Gasteiger partial charge in [0.05, 0.1) is 18.6 Å². The predicted octanol–water partition coefficient (Wildman–Crippen LogP) is 2.72. The van der Waals surface area contributed by atoms with E-state index < -0.39 is 15.8 Å². The number of benzene rings is 2. The van der Waals surface area contributed by atoms with Gasteiger partial charge in [0.2, 0.25) is 15.9 Å². The van der Waals surface area contributed by atoms with Gasteiger partial charge < -0.3 is 14.8 Å². The summed E-state index contributed by atoms with van der Waals surface area (Å²) in [5.41, 5.74) is 1.15. The van der Waals surface area contributed by atoms with Crippen molar-refractivity contribution in [2.45, 2.75) is 30.7 Å². The van der Waals surface area contributed by atoms with Crippen LogP contribution in [0, 0.1) is 5.82 Å². The lowest BCUT2D eigenvalue weighted by molar-refractivity contribution is -0.116. The molecule has 7 nitrogen and oxygen atoms in total. The Morgan fingerprint density at radius 1 is 1.14 bits per heavy atom. The minimum Gasteiger partial charge on any atom is -0.494 e. The second kappa shape index (κ2) is 10.3. The highest BCUT2D eigenvalue weighted by atomic mass is 32.2. The van der Waals surface area contributed by atoms with Gasteiger partial charge in [-0.1, -0.05) is 6.07 Å². The molecule has 2 aromatic carbocycles. The van der Waals surface area contributed by atoms with Gasteiger partial charge in [-0.3, -0.25) is 4.79 Å². The molecule has 0 aliphatic heterocycles. The summed E-state index contributed by atoms with van der Waals surface area (Å²) in [6.45, 7) is 1.95. The minimum atomic E-state index is -3.67. The Labute approximate surface area is 170 Å². The van der Waals surface area contributed by atoms with Crippen molar-refractivity contribution in [3.05, 3.63) is 53.8 Å². The summed E-state index contributed by atoms with van der Waals surface area (Å²) in [5, 5.41) is 2.70. The van der Waals surface area contributed by atoms with E-state index in [4.69, 9.17) is 9.47 Å². The number of aryl methyl sites for hydroxylation is 1. The summed E-state index contributed by atoms with van der Waals surface area (Å²) < 4.78 is 50.6. The van der Waals surface area contributed by atoms with Gasteiger partial charge in [0, 0.05) is 25.3 Å². The van der Waals surface area contributed by atoms with Crippen LogP contribution in [0.15, 0.2) is 47.4 Å². The van der Waals surface area contributed by atoms with E-state index in [9.17, 15) is 17.6 Å². The van der Waals surface area contributed by atoms with Crippen molar-refractivity contribution in [1.82, 2.24) is 4.72 Å². The van der Waals surface area contributed by atoms with Crippen molar-refractivity contribution >= 4 is 21.6 Å². The number of methoxy groups -OCH3 is 2. The monoisotopic (exact) mass is 424 g/mol. The zero-order chi connectivity index (χ0) is 21.4. The molecular weight excluding hydrogens is 399 g/mol. The first-order valence-electron chi connectivity index (χ1n) is 8.98. The molecule has 2 rings (SSSR count). The van der Waals surface area contributed by atoms with Crippen molar-refractivity contribution < 1.29 is 27.1 Å². The molecule has 0 spiro atoms. The average molecular weight is 424 g/mol. The Bertz CT molecular complexity index is 932. The number of hydrogen-bond acceptors (Lipinski definition) is 5. The molecule has 0 aliphatic rings. The maximum atomic E-state index is 13.7. The third kappa shape index (κ3) is 6.81. The number of sulfonamides is 1. The first-order valence-corrected chi connectivity index (χ1v) is 10.5. The quantitative estimate of drug-likeness (QED) is 0.612. The van der Waals surface area contributed by atoms with Gasteiger partial charge in [0.25, 0.3) is 0 Å². The summed E-state index contributed by atoms with van der Waals surface area (Å²) in [6, 6.07) is 10.0. The zero-order valence-corrected chi connectivity index (χ0v) is 17.4. The van der Waals surface area contributed by atoms with Gasteiger partial charge in [-0.2, -0.15) is 0 Å². The van der Waals surface area contributed by atoms with Gasteiger partial charge in [0.1, 0.15) is 0 Å². The van der Waals surface area contributed by atoms with E-state index in [1.54, 1.807) is 13.0 Å². The molecule has 158 valence electrons. The SMILES string of the molecule is COCC(C)NS(=O)(=O)c1ccc(NC(=O)CCc2ccc(OC)c(F)c2)cc1. The van der Waals surface area contributed by atoms with Gasteiger partial charge in [-0.25, -0.2) is 17.5 Å². The van der Waals surface area contributed by atoms with Crippen molar-refractivity contribution in [2.75, 3.05) is 26.1 Å². The predicted molar refractivity (Wildman–Crippen MR) is 108 cm³/mol. The van der Waals surface area contributed by atoms with Gasteiger partial charge in [-0.15, -0.1) is 0 Å². The average Bonchev–Trinajstić information content (AvgIpc) is 2.66. The molecule has 1 unspecified atom stereocenters. The van der Waals surface area contributed by atoms with Gasteiger partial charge in [-0.05, 0) is 55.3 Å². The molecule has 0 fully saturated rings. The van der Waals surface area contributed by atoms with Crippen LogP contribution in [0.25, 0.3) is 0 Å². The summed E-state index contributed by atoms with van der Waals surface area (Å²) in [7, 11) is -0.791. The molecule has 1 atom stereocenters. The molecule has 29 heavy (non-hydrogen) atoms. The molecule has 0 aromatic heterocycles. The first kappa shape index (κ1) is 22.8. The minimum absolute atomic E-state index is 0.0900. The smallest absolute Gasteiger partial charge is 0.240 e. The zero-order valence-electron chi connectivity index (χ0n) is 16.6. The van der Waals surface area contributed by atoms with E-state index in [0.717, 1.165) is 0 Å². The fourth-order valence-corrected chi connectivity index (χ4v) is 3.91. The van der Waals surface area contributed by atoms with E-state index >= 15 is 0 Å². The molecule has 0 aliphatic carbocycles. The topological polar surface area (TPSA) is 93.7 Å². The van der Waals surface area contributed by atoms with Crippen LogP contribution < -0.4 is 14.8 Å². The van der Waals surface area contributed by atoms with Crippen LogP contribution in [0.1, 0.15) is 18.9 Å². The highest BCUT2D eigenvalue weighted by Crippen LogP contribution is 2.19. The second-order valence-corrected chi connectivity index (χ2v) is 8.23. The number of carbonyl (C=O) groups excluding carboxylic acids is 1. The maximum Gasteiger partial charge on any atom is 0.240 e. The van der Waals surface area contributed by atoms with Gasteiger partial charge >= 0.3 is 0 Å². The second-order valence-electron chi connectivity index (χ2n) is 6.52. The standard InChI is InChI=1S/C20H25FN2O5S/c1-14(13-27-2)23-29(25,26)17-8-6-16(7-9-17)22-20(24)11-5-15-4-10-19(28-3)18(21)12-15/h4,6-10,12,14,23H,5,11,13H2,1-3H3,(H,22,24). The number of halogens is 1. The molecule has 0 bridgehead atoms. The number of hydrogen-bond donors (Lipinski definition) is 2. The number of rotatable bonds is 10. The maximum absolute atomic E-state index is 13.7. The normalized spacial score (nSPS) is 12.4. The lowest BCUT2D eigenvalue weighted by atomic mass is 10.1. The molecule has 0 heterocycles. The lowest BCUT2D eigenvalue weighted by Crippen LogP contribution is -2.35. The number of nitrogens with one attached hydrogen (secondary N) is 2. The van der Waals surface area contributed by atoms with E-state index in [-0.39, 0.29) is 35.6 Å². The van der Waals surface area contributed by atoms with Crippen LogP contribution in [0.3, 0.4) is 0 Å². The Morgan fingerprint density at radius 3 is 2.41 bits per heavy atom.